The minimum absolute atomic E-state index is 0.0704. The number of carbonyl (C=O) groups excluding carboxylic acids is 1. The average molecular weight is 357 g/mol. The molecular weight excluding hydrogens is 338 g/mol. The quantitative estimate of drug-likeness (QED) is 0.631. The second-order valence-corrected chi connectivity index (χ2v) is 6.39. The minimum atomic E-state index is -0.0704. The van der Waals surface area contributed by atoms with Gasteiger partial charge in [0.15, 0.2) is 5.16 Å². The highest BCUT2D eigenvalue weighted by Crippen LogP contribution is 2.26. The number of aromatic amines is 1. The molecule has 3 rings (SSSR count). The number of para-hydroxylation sites is 2. The lowest BCUT2D eigenvalue weighted by Crippen LogP contribution is -2.12. The first-order chi connectivity index (χ1) is 12.2. The molecule has 0 aliphatic heterocycles. The SMILES string of the molecule is COc1cc(NC(=O)CCSc2nc3ccccc3[nH]2)cc(OC)c1. The largest absolute Gasteiger partial charge is 0.497 e. The molecule has 130 valence electrons. The lowest BCUT2D eigenvalue weighted by atomic mass is 10.2. The van der Waals surface area contributed by atoms with Crippen LogP contribution < -0.4 is 14.8 Å². The van der Waals surface area contributed by atoms with Gasteiger partial charge in [-0.25, -0.2) is 4.98 Å². The number of nitrogens with one attached hydrogen (secondary N) is 2. The molecule has 0 saturated carbocycles. The maximum atomic E-state index is 12.1. The standard InChI is InChI=1S/C18H19N3O3S/c1-23-13-9-12(10-14(11-13)24-2)19-17(22)7-8-25-18-20-15-5-3-4-6-16(15)21-18/h3-6,9-11H,7-8H2,1-2H3,(H,19,22)(H,20,21). The number of nitrogens with zero attached hydrogens (tertiary/aromatic N) is 1. The molecule has 3 aromatic rings. The van der Waals surface area contributed by atoms with Crippen LogP contribution in [0.1, 0.15) is 6.42 Å². The molecule has 0 bridgehead atoms. The van der Waals surface area contributed by atoms with E-state index in [2.05, 4.69) is 15.3 Å². The second-order valence-electron chi connectivity index (χ2n) is 5.31. The molecule has 6 nitrogen and oxygen atoms in total. The summed E-state index contributed by atoms with van der Waals surface area (Å²) in [6.07, 6.45) is 0.376. The van der Waals surface area contributed by atoms with Crippen molar-refractivity contribution in [2.45, 2.75) is 11.6 Å². The Bertz CT molecular complexity index is 824. The van der Waals surface area contributed by atoms with Crippen molar-refractivity contribution in [2.24, 2.45) is 0 Å². The van der Waals surface area contributed by atoms with Crippen molar-refractivity contribution in [3.05, 3.63) is 42.5 Å². The van der Waals surface area contributed by atoms with Gasteiger partial charge >= 0.3 is 0 Å². The number of amides is 1. The third-order valence-corrected chi connectivity index (χ3v) is 4.45. The van der Waals surface area contributed by atoms with Crippen LogP contribution in [-0.2, 0) is 4.79 Å². The number of imidazole rings is 1. The molecular formula is C18H19N3O3S. The molecule has 0 aliphatic carbocycles. The summed E-state index contributed by atoms with van der Waals surface area (Å²) in [6.45, 7) is 0. The number of aromatic nitrogens is 2. The van der Waals surface area contributed by atoms with Gasteiger partial charge in [-0.3, -0.25) is 4.79 Å². The first-order valence-corrected chi connectivity index (χ1v) is 8.77. The average Bonchev–Trinajstić information content (AvgIpc) is 3.04. The van der Waals surface area contributed by atoms with Gasteiger partial charge in [-0.1, -0.05) is 23.9 Å². The highest BCUT2D eigenvalue weighted by molar-refractivity contribution is 7.99. The summed E-state index contributed by atoms with van der Waals surface area (Å²) >= 11 is 1.52. The van der Waals surface area contributed by atoms with Gasteiger partial charge in [0, 0.05) is 36.1 Å². The van der Waals surface area contributed by atoms with Crippen molar-refractivity contribution in [1.29, 1.82) is 0 Å². The summed E-state index contributed by atoms with van der Waals surface area (Å²) in [6, 6.07) is 13.1. The van der Waals surface area contributed by atoms with Crippen molar-refractivity contribution in [3.8, 4) is 11.5 Å². The predicted molar refractivity (Wildman–Crippen MR) is 99.6 cm³/mol. The fraction of sp³-hybridized carbons (Fsp3) is 0.222. The lowest BCUT2D eigenvalue weighted by molar-refractivity contribution is -0.115. The molecule has 1 amide bonds. The van der Waals surface area contributed by atoms with E-state index in [4.69, 9.17) is 9.47 Å². The topological polar surface area (TPSA) is 76.2 Å². The van der Waals surface area contributed by atoms with Crippen LogP contribution in [0.2, 0.25) is 0 Å². The molecule has 0 unspecified atom stereocenters. The minimum Gasteiger partial charge on any atom is -0.497 e. The number of hydrogen-bond acceptors (Lipinski definition) is 5. The number of methoxy groups -OCH3 is 2. The van der Waals surface area contributed by atoms with E-state index in [0.717, 1.165) is 16.2 Å². The summed E-state index contributed by atoms with van der Waals surface area (Å²) in [5, 5.41) is 3.68. The van der Waals surface area contributed by atoms with Crippen LogP contribution in [0, 0.1) is 0 Å². The summed E-state index contributed by atoms with van der Waals surface area (Å²) in [4.78, 5) is 19.9. The number of ether oxygens (including phenoxy) is 2. The number of thioether (sulfide) groups is 1. The Balaban J connectivity index is 1.54. The van der Waals surface area contributed by atoms with Gasteiger partial charge in [-0.2, -0.15) is 0 Å². The number of H-pyrrole nitrogens is 1. The third-order valence-electron chi connectivity index (χ3n) is 3.57. The van der Waals surface area contributed by atoms with E-state index in [-0.39, 0.29) is 5.91 Å². The number of anilines is 1. The highest BCUT2D eigenvalue weighted by Gasteiger charge is 2.08. The molecule has 0 fully saturated rings. The normalized spacial score (nSPS) is 10.6. The van der Waals surface area contributed by atoms with Gasteiger partial charge < -0.3 is 19.8 Å². The third kappa shape index (κ3) is 4.45. The Kier molecular flexibility index (Phi) is 5.45. The van der Waals surface area contributed by atoms with E-state index in [9.17, 15) is 4.79 Å². The van der Waals surface area contributed by atoms with E-state index in [1.54, 1.807) is 32.4 Å². The van der Waals surface area contributed by atoms with E-state index in [1.165, 1.54) is 11.8 Å². The van der Waals surface area contributed by atoms with Crippen LogP contribution in [0.5, 0.6) is 11.5 Å². The second kappa shape index (κ2) is 7.94. The molecule has 2 N–H and O–H groups in total. The smallest absolute Gasteiger partial charge is 0.225 e. The first-order valence-electron chi connectivity index (χ1n) is 7.78. The van der Waals surface area contributed by atoms with Crippen LogP contribution >= 0.6 is 11.8 Å². The highest BCUT2D eigenvalue weighted by atomic mass is 32.2. The molecule has 2 aromatic carbocycles. The maximum absolute atomic E-state index is 12.1. The number of rotatable bonds is 7. The van der Waals surface area contributed by atoms with Crippen molar-refractivity contribution in [2.75, 3.05) is 25.3 Å². The van der Waals surface area contributed by atoms with E-state index in [0.29, 0.717) is 29.4 Å². The van der Waals surface area contributed by atoms with Crippen LogP contribution in [0.15, 0.2) is 47.6 Å². The van der Waals surface area contributed by atoms with Gasteiger partial charge in [0.2, 0.25) is 5.91 Å². The fourth-order valence-electron chi connectivity index (χ4n) is 2.34. The Morgan fingerprint density at radius 3 is 2.56 bits per heavy atom. The Morgan fingerprint density at radius 1 is 1.16 bits per heavy atom. The molecule has 1 aromatic heterocycles. The monoisotopic (exact) mass is 357 g/mol. The first kappa shape index (κ1) is 17.2. The molecule has 0 radical (unpaired) electrons. The van der Waals surface area contributed by atoms with Crippen LogP contribution in [0.3, 0.4) is 0 Å². The molecule has 0 saturated heterocycles. The summed E-state index contributed by atoms with van der Waals surface area (Å²) in [5.74, 6) is 1.82. The van der Waals surface area contributed by atoms with Crippen LogP contribution in [0.25, 0.3) is 11.0 Å². The zero-order valence-corrected chi connectivity index (χ0v) is 14.9. The van der Waals surface area contributed by atoms with Crippen molar-refractivity contribution >= 4 is 34.4 Å². The molecule has 0 aliphatic rings. The number of carbonyl (C=O) groups is 1. The molecule has 7 heteroatoms. The van der Waals surface area contributed by atoms with E-state index < -0.39 is 0 Å². The molecule has 25 heavy (non-hydrogen) atoms. The summed E-state index contributed by atoms with van der Waals surface area (Å²) in [7, 11) is 3.15. The van der Waals surface area contributed by atoms with E-state index >= 15 is 0 Å². The number of benzene rings is 2. The lowest BCUT2D eigenvalue weighted by Gasteiger charge is -2.09. The number of hydrogen-bond donors (Lipinski definition) is 2. The fourth-order valence-corrected chi connectivity index (χ4v) is 3.17. The van der Waals surface area contributed by atoms with Crippen LogP contribution in [0.4, 0.5) is 5.69 Å². The van der Waals surface area contributed by atoms with E-state index in [1.807, 2.05) is 24.3 Å². The van der Waals surface area contributed by atoms with Gasteiger partial charge in [0.05, 0.1) is 25.3 Å². The van der Waals surface area contributed by atoms with Gasteiger partial charge in [0.25, 0.3) is 0 Å². The van der Waals surface area contributed by atoms with Gasteiger partial charge in [-0.15, -0.1) is 0 Å². The molecule has 0 spiro atoms. The van der Waals surface area contributed by atoms with Crippen molar-refractivity contribution in [1.82, 2.24) is 9.97 Å². The Labute approximate surface area is 149 Å². The van der Waals surface area contributed by atoms with Crippen molar-refractivity contribution in [3.63, 3.8) is 0 Å². The molecule has 1 heterocycles. The van der Waals surface area contributed by atoms with Gasteiger partial charge in [0.1, 0.15) is 11.5 Å². The Morgan fingerprint density at radius 2 is 1.88 bits per heavy atom. The maximum Gasteiger partial charge on any atom is 0.225 e. The molecule has 0 atom stereocenters. The zero-order chi connectivity index (χ0) is 17.6. The number of fused-ring (bicyclic) bond motifs is 1. The summed E-state index contributed by atoms with van der Waals surface area (Å²) < 4.78 is 10.4. The predicted octanol–water partition coefficient (Wildman–Crippen LogP) is 3.70. The van der Waals surface area contributed by atoms with Gasteiger partial charge in [-0.05, 0) is 12.1 Å². The summed E-state index contributed by atoms with van der Waals surface area (Å²) in [5.41, 5.74) is 2.57. The zero-order valence-electron chi connectivity index (χ0n) is 14.0. The Hall–Kier alpha value is -2.67. The van der Waals surface area contributed by atoms with Crippen LogP contribution in [-0.4, -0.2) is 35.8 Å². The van der Waals surface area contributed by atoms with Crippen molar-refractivity contribution < 1.29 is 14.3 Å².